The molecule has 0 radical (unpaired) electrons. The average molecular weight is 312 g/mol. The van der Waals surface area contributed by atoms with E-state index in [2.05, 4.69) is 28.2 Å². The second kappa shape index (κ2) is 6.34. The molecule has 2 rings (SSSR count). The molecule has 1 aliphatic heterocycles. The van der Waals surface area contributed by atoms with Crippen molar-refractivity contribution < 1.29 is 9.53 Å². The van der Waals surface area contributed by atoms with E-state index in [1.165, 1.54) is 5.56 Å². The first-order valence-electron chi connectivity index (χ1n) is 6.28. The van der Waals surface area contributed by atoms with Crippen molar-refractivity contribution in [1.29, 1.82) is 0 Å². The van der Waals surface area contributed by atoms with Gasteiger partial charge >= 0.3 is 0 Å². The summed E-state index contributed by atoms with van der Waals surface area (Å²) in [4.78, 5) is 12.0. The van der Waals surface area contributed by atoms with Crippen LogP contribution in [0.2, 0.25) is 0 Å². The molecular weight excluding hydrogens is 294 g/mol. The molecule has 0 bridgehead atoms. The Hall–Kier alpha value is -0.870. The molecule has 1 heterocycles. The highest BCUT2D eigenvalue weighted by Gasteiger charge is 2.30. The second-order valence-electron chi connectivity index (χ2n) is 4.68. The number of benzene rings is 1. The highest BCUT2D eigenvalue weighted by molar-refractivity contribution is 9.09. The van der Waals surface area contributed by atoms with Gasteiger partial charge in [0.25, 0.3) is 5.91 Å². The molecule has 0 spiro atoms. The van der Waals surface area contributed by atoms with Crippen molar-refractivity contribution in [2.45, 2.75) is 25.9 Å². The molecule has 3 nitrogen and oxygen atoms in total. The fraction of sp³-hybridized carbons (Fsp3) is 0.500. The molecule has 2 unspecified atom stereocenters. The van der Waals surface area contributed by atoms with Crippen LogP contribution in [0.15, 0.2) is 24.3 Å². The van der Waals surface area contributed by atoms with Gasteiger partial charge in [0.2, 0.25) is 0 Å². The topological polar surface area (TPSA) is 38.3 Å². The number of nitrogens with one attached hydrogen (secondary N) is 1. The highest BCUT2D eigenvalue weighted by Crippen LogP contribution is 2.21. The Balaban J connectivity index is 1.94. The summed E-state index contributed by atoms with van der Waals surface area (Å²) in [6.07, 6.45) is 1.66. The van der Waals surface area contributed by atoms with Crippen LogP contribution in [0, 0.1) is 5.92 Å². The third-order valence-electron chi connectivity index (χ3n) is 3.25. The molecule has 0 aliphatic carbocycles. The Morgan fingerprint density at radius 1 is 1.44 bits per heavy atom. The number of alkyl halides is 1. The Labute approximate surface area is 116 Å². The number of hydrogen-bond acceptors (Lipinski definition) is 2. The van der Waals surface area contributed by atoms with Crippen LogP contribution in [0.5, 0.6) is 0 Å². The standard InChI is InChI=1S/C14H18BrNO2/c1-10-7-9-18-13(10)14(17)16-12-4-2-11(3-5-12)6-8-15/h2-5,10,13H,6-9H2,1H3,(H,16,17). The van der Waals surface area contributed by atoms with Crippen molar-refractivity contribution in [3.63, 3.8) is 0 Å². The van der Waals surface area contributed by atoms with E-state index >= 15 is 0 Å². The van der Waals surface area contributed by atoms with Crippen LogP contribution in [-0.2, 0) is 16.0 Å². The maximum absolute atomic E-state index is 12.0. The van der Waals surface area contributed by atoms with Gasteiger partial charge in [0.15, 0.2) is 0 Å². The second-order valence-corrected chi connectivity index (χ2v) is 5.48. The molecule has 1 fully saturated rings. The Morgan fingerprint density at radius 2 is 2.17 bits per heavy atom. The minimum absolute atomic E-state index is 0.0340. The molecule has 1 aliphatic rings. The van der Waals surface area contributed by atoms with Crippen LogP contribution in [-0.4, -0.2) is 23.9 Å². The van der Waals surface area contributed by atoms with Gasteiger partial charge in [0, 0.05) is 17.6 Å². The third kappa shape index (κ3) is 3.33. The van der Waals surface area contributed by atoms with Crippen molar-refractivity contribution in [2.24, 2.45) is 5.92 Å². The van der Waals surface area contributed by atoms with E-state index < -0.39 is 0 Å². The molecule has 1 aromatic carbocycles. The van der Waals surface area contributed by atoms with E-state index in [1.807, 2.05) is 24.3 Å². The molecular formula is C14H18BrNO2. The maximum Gasteiger partial charge on any atom is 0.253 e. The van der Waals surface area contributed by atoms with Gasteiger partial charge in [-0.15, -0.1) is 0 Å². The summed E-state index contributed by atoms with van der Waals surface area (Å²) in [5.41, 5.74) is 2.09. The van der Waals surface area contributed by atoms with Gasteiger partial charge in [0.1, 0.15) is 6.10 Å². The summed E-state index contributed by atoms with van der Waals surface area (Å²) < 4.78 is 5.44. The summed E-state index contributed by atoms with van der Waals surface area (Å²) in [5.74, 6) is 0.269. The van der Waals surface area contributed by atoms with Crippen LogP contribution in [0.1, 0.15) is 18.9 Å². The molecule has 1 saturated heterocycles. The summed E-state index contributed by atoms with van der Waals surface area (Å²) in [7, 11) is 0. The fourth-order valence-electron chi connectivity index (χ4n) is 2.11. The third-order valence-corrected chi connectivity index (χ3v) is 3.65. The van der Waals surface area contributed by atoms with Gasteiger partial charge in [0.05, 0.1) is 0 Å². The number of carbonyl (C=O) groups is 1. The smallest absolute Gasteiger partial charge is 0.253 e. The highest BCUT2D eigenvalue weighted by atomic mass is 79.9. The summed E-state index contributed by atoms with van der Waals surface area (Å²) >= 11 is 3.41. The monoisotopic (exact) mass is 311 g/mol. The van der Waals surface area contributed by atoms with Gasteiger partial charge in [-0.2, -0.15) is 0 Å². The zero-order valence-corrected chi connectivity index (χ0v) is 12.1. The zero-order chi connectivity index (χ0) is 13.0. The zero-order valence-electron chi connectivity index (χ0n) is 10.5. The van der Waals surface area contributed by atoms with E-state index in [1.54, 1.807) is 0 Å². The Kier molecular flexibility index (Phi) is 4.78. The molecule has 0 saturated carbocycles. The summed E-state index contributed by atoms with van der Waals surface area (Å²) in [5, 5.41) is 3.86. The van der Waals surface area contributed by atoms with Crippen molar-refractivity contribution in [3.8, 4) is 0 Å². The quantitative estimate of drug-likeness (QED) is 0.868. The lowest BCUT2D eigenvalue weighted by Gasteiger charge is -2.14. The van der Waals surface area contributed by atoms with E-state index in [9.17, 15) is 4.79 Å². The molecule has 1 aromatic rings. The van der Waals surface area contributed by atoms with E-state index in [-0.39, 0.29) is 12.0 Å². The van der Waals surface area contributed by atoms with Gasteiger partial charge in [-0.05, 0) is 36.5 Å². The fourth-order valence-corrected chi connectivity index (χ4v) is 2.57. The largest absolute Gasteiger partial charge is 0.368 e. The number of halogens is 1. The number of rotatable bonds is 4. The number of aryl methyl sites for hydroxylation is 1. The number of ether oxygens (including phenoxy) is 1. The lowest BCUT2D eigenvalue weighted by molar-refractivity contribution is -0.126. The molecule has 18 heavy (non-hydrogen) atoms. The molecule has 1 N–H and O–H groups in total. The average Bonchev–Trinajstić information content (AvgIpc) is 2.78. The molecule has 1 amide bonds. The summed E-state index contributed by atoms with van der Waals surface area (Å²) in [6.45, 7) is 2.74. The van der Waals surface area contributed by atoms with Gasteiger partial charge in [-0.3, -0.25) is 4.79 Å². The first-order chi connectivity index (χ1) is 8.70. The summed E-state index contributed by atoms with van der Waals surface area (Å²) in [6, 6.07) is 7.95. The van der Waals surface area contributed by atoms with Crippen LogP contribution in [0.3, 0.4) is 0 Å². The minimum atomic E-state index is -0.299. The SMILES string of the molecule is CC1CCOC1C(=O)Nc1ccc(CCBr)cc1. The maximum atomic E-state index is 12.0. The minimum Gasteiger partial charge on any atom is -0.368 e. The van der Waals surface area contributed by atoms with Crippen molar-refractivity contribution in [1.82, 2.24) is 0 Å². The van der Waals surface area contributed by atoms with Crippen LogP contribution in [0.25, 0.3) is 0 Å². The molecule has 4 heteroatoms. The van der Waals surface area contributed by atoms with Gasteiger partial charge in [-0.1, -0.05) is 35.0 Å². The molecule has 0 aromatic heterocycles. The van der Waals surface area contributed by atoms with Gasteiger partial charge in [-0.25, -0.2) is 0 Å². The molecule has 2 atom stereocenters. The Bertz CT molecular complexity index is 405. The van der Waals surface area contributed by atoms with Crippen molar-refractivity contribution in [2.75, 3.05) is 17.3 Å². The normalized spacial score (nSPS) is 23.0. The van der Waals surface area contributed by atoms with Crippen molar-refractivity contribution >= 4 is 27.5 Å². The number of anilines is 1. The predicted molar refractivity (Wildman–Crippen MR) is 76.1 cm³/mol. The van der Waals surface area contributed by atoms with Crippen LogP contribution in [0.4, 0.5) is 5.69 Å². The Morgan fingerprint density at radius 3 is 2.72 bits per heavy atom. The van der Waals surface area contributed by atoms with Gasteiger partial charge < -0.3 is 10.1 Å². The first kappa shape index (κ1) is 13.6. The molecule has 98 valence electrons. The van der Waals surface area contributed by atoms with E-state index in [0.717, 1.165) is 23.9 Å². The number of carbonyl (C=O) groups excluding carboxylic acids is 1. The van der Waals surface area contributed by atoms with E-state index in [4.69, 9.17) is 4.74 Å². The number of hydrogen-bond donors (Lipinski definition) is 1. The van der Waals surface area contributed by atoms with Crippen molar-refractivity contribution in [3.05, 3.63) is 29.8 Å². The first-order valence-corrected chi connectivity index (χ1v) is 7.40. The lowest BCUT2D eigenvalue weighted by Crippen LogP contribution is -2.31. The number of amides is 1. The van der Waals surface area contributed by atoms with E-state index in [0.29, 0.717) is 12.5 Å². The van der Waals surface area contributed by atoms with Crippen LogP contribution < -0.4 is 5.32 Å². The predicted octanol–water partition coefficient (Wildman–Crippen LogP) is 2.99. The lowest BCUT2D eigenvalue weighted by atomic mass is 10.0. The van der Waals surface area contributed by atoms with Crippen LogP contribution >= 0.6 is 15.9 Å².